The summed E-state index contributed by atoms with van der Waals surface area (Å²) >= 11 is 0. The summed E-state index contributed by atoms with van der Waals surface area (Å²) in [5.74, 6) is -0.0187. The highest BCUT2D eigenvalue weighted by molar-refractivity contribution is 5.95. The van der Waals surface area contributed by atoms with E-state index in [-0.39, 0.29) is 11.9 Å². The highest BCUT2D eigenvalue weighted by atomic mass is 16.1. The van der Waals surface area contributed by atoms with Gasteiger partial charge in [-0.3, -0.25) is 4.79 Å². The maximum Gasteiger partial charge on any atom is 0.251 e. The highest BCUT2D eigenvalue weighted by Gasteiger charge is 2.16. The topological polar surface area (TPSA) is 58.4 Å². The smallest absolute Gasteiger partial charge is 0.251 e. The Labute approximate surface area is 115 Å². The van der Waals surface area contributed by atoms with Crippen molar-refractivity contribution in [1.82, 2.24) is 10.2 Å². The number of nitrogens with one attached hydrogen (secondary N) is 1. The van der Waals surface area contributed by atoms with Crippen LogP contribution in [0.5, 0.6) is 0 Å². The number of nitrogen functional groups attached to an aromatic ring is 1. The first-order valence-electron chi connectivity index (χ1n) is 6.95. The molecule has 1 saturated heterocycles. The SMILES string of the molecule is Cc1cc(C(=O)NC(C)CN2CCCC2)ccc1N. The van der Waals surface area contributed by atoms with Gasteiger partial charge in [0.15, 0.2) is 0 Å². The number of aryl methyl sites for hydroxylation is 1. The zero-order chi connectivity index (χ0) is 13.8. The zero-order valence-electron chi connectivity index (χ0n) is 11.8. The molecular formula is C15H23N3O. The molecule has 0 aliphatic carbocycles. The van der Waals surface area contributed by atoms with Gasteiger partial charge in [-0.15, -0.1) is 0 Å². The molecule has 1 aliphatic heterocycles. The van der Waals surface area contributed by atoms with Crippen LogP contribution in [0.3, 0.4) is 0 Å². The van der Waals surface area contributed by atoms with Crippen molar-refractivity contribution < 1.29 is 4.79 Å². The Bertz CT molecular complexity index is 453. The number of carbonyl (C=O) groups excluding carboxylic acids is 1. The average Bonchev–Trinajstić information content (AvgIpc) is 2.85. The monoisotopic (exact) mass is 261 g/mol. The number of nitrogens with zero attached hydrogens (tertiary/aromatic N) is 1. The molecule has 104 valence electrons. The van der Waals surface area contributed by atoms with Crippen LogP contribution in [-0.4, -0.2) is 36.5 Å². The van der Waals surface area contributed by atoms with Gasteiger partial charge in [-0.05, 0) is 63.5 Å². The Balaban J connectivity index is 1.90. The van der Waals surface area contributed by atoms with Crippen LogP contribution in [0.2, 0.25) is 0 Å². The van der Waals surface area contributed by atoms with Gasteiger partial charge in [0.25, 0.3) is 5.91 Å². The largest absolute Gasteiger partial charge is 0.399 e. The summed E-state index contributed by atoms with van der Waals surface area (Å²) in [6.45, 7) is 7.21. The van der Waals surface area contributed by atoms with Gasteiger partial charge in [-0.25, -0.2) is 0 Å². The predicted molar refractivity (Wildman–Crippen MR) is 78.2 cm³/mol. The van der Waals surface area contributed by atoms with Crippen molar-refractivity contribution in [1.29, 1.82) is 0 Å². The number of carbonyl (C=O) groups is 1. The molecule has 4 nitrogen and oxygen atoms in total. The van der Waals surface area contributed by atoms with E-state index in [9.17, 15) is 4.79 Å². The van der Waals surface area contributed by atoms with Gasteiger partial charge in [0.05, 0.1) is 0 Å². The third-order valence-corrected chi connectivity index (χ3v) is 3.64. The first kappa shape index (κ1) is 13.9. The molecule has 4 heteroatoms. The van der Waals surface area contributed by atoms with E-state index < -0.39 is 0 Å². The van der Waals surface area contributed by atoms with Crippen molar-refractivity contribution >= 4 is 11.6 Å². The van der Waals surface area contributed by atoms with Gasteiger partial charge in [0, 0.05) is 23.8 Å². The minimum atomic E-state index is -0.0187. The summed E-state index contributed by atoms with van der Waals surface area (Å²) in [7, 11) is 0. The minimum absolute atomic E-state index is 0.0187. The molecule has 0 spiro atoms. The lowest BCUT2D eigenvalue weighted by Crippen LogP contribution is -2.41. The first-order chi connectivity index (χ1) is 9.06. The molecule has 1 unspecified atom stereocenters. The van der Waals surface area contributed by atoms with E-state index >= 15 is 0 Å². The van der Waals surface area contributed by atoms with Crippen LogP contribution < -0.4 is 11.1 Å². The summed E-state index contributed by atoms with van der Waals surface area (Å²) < 4.78 is 0. The molecular weight excluding hydrogens is 238 g/mol. The van der Waals surface area contributed by atoms with Gasteiger partial charge >= 0.3 is 0 Å². The molecule has 1 aliphatic rings. The Morgan fingerprint density at radius 2 is 2.11 bits per heavy atom. The quantitative estimate of drug-likeness (QED) is 0.812. The second-order valence-electron chi connectivity index (χ2n) is 5.45. The molecule has 0 bridgehead atoms. The predicted octanol–water partition coefficient (Wildman–Crippen LogP) is 1.79. The van der Waals surface area contributed by atoms with E-state index in [1.807, 2.05) is 13.0 Å². The fraction of sp³-hybridized carbons (Fsp3) is 0.533. The average molecular weight is 261 g/mol. The van der Waals surface area contributed by atoms with Crippen LogP contribution in [0, 0.1) is 6.92 Å². The Morgan fingerprint density at radius 3 is 2.74 bits per heavy atom. The number of rotatable bonds is 4. The number of likely N-dealkylation sites (tertiary alicyclic amines) is 1. The maximum absolute atomic E-state index is 12.1. The third-order valence-electron chi connectivity index (χ3n) is 3.64. The number of nitrogens with two attached hydrogens (primary N) is 1. The first-order valence-corrected chi connectivity index (χ1v) is 6.95. The van der Waals surface area contributed by atoms with Crippen molar-refractivity contribution in [3.05, 3.63) is 29.3 Å². The van der Waals surface area contributed by atoms with Crippen molar-refractivity contribution in [3.63, 3.8) is 0 Å². The normalized spacial score (nSPS) is 17.4. The molecule has 0 saturated carbocycles. The van der Waals surface area contributed by atoms with Crippen molar-refractivity contribution in [2.24, 2.45) is 0 Å². The summed E-state index contributed by atoms with van der Waals surface area (Å²) in [5, 5.41) is 3.05. The van der Waals surface area contributed by atoms with Crippen LogP contribution >= 0.6 is 0 Å². The molecule has 1 amide bonds. The minimum Gasteiger partial charge on any atom is -0.399 e. The fourth-order valence-corrected chi connectivity index (χ4v) is 2.52. The Morgan fingerprint density at radius 1 is 1.42 bits per heavy atom. The van der Waals surface area contributed by atoms with Gasteiger partial charge in [-0.2, -0.15) is 0 Å². The number of anilines is 1. The van der Waals surface area contributed by atoms with E-state index in [0.29, 0.717) is 5.56 Å². The number of amides is 1. The van der Waals surface area contributed by atoms with E-state index in [1.54, 1.807) is 12.1 Å². The molecule has 3 N–H and O–H groups in total. The second-order valence-corrected chi connectivity index (χ2v) is 5.45. The molecule has 0 aromatic heterocycles. The molecule has 1 atom stereocenters. The summed E-state index contributed by atoms with van der Waals surface area (Å²) in [5.41, 5.74) is 8.11. The number of benzene rings is 1. The van der Waals surface area contributed by atoms with Gasteiger partial charge < -0.3 is 16.0 Å². The van der Waals surface area contributed by atoms with E-state index in [0.717, 1.165) is 30.9 Å². The Kier molecular flexibility index (Phi) is 4.43. The van der Waals surface area contributed by atoms with Crippen LogP contribution in [0.15, 0.2) is 18.2 Å². The number of hydrogen-bond acceptors (Lipinski definition) is 3. The van der Waals surface area contributed by atoms with Crippen LogP contribution in [0.4, 0.5) is 5.69 Å². The summed E-state index contributed by atoms with van der Waals surface area (Å²) in [4.78, 5) is 14.5. The lowest BCUT2D eigenvalue weighted by Gasteiger charge is -2.21. The van der Waals surface area contributed by atoms with E-state index in [2.05, 4.69) is 17.1 Å². The molecule has 1 fully saturated rings. The highest BCUT2D eigenvalue weighted by Crippen LogP contribution is 2.13. The molecule has 1 aromatic rings. The van der Waals surface area contributed by atoms with Crippen LogP contribution in [0.1, 0.15) is 35.7 Å². The maximum atomic E-state index is 12.1. The van der Waals surface area contributed by atoms with E-state index in [4.69, 9.17) is 5.73 Å². The number of hydrogen-bond donors (Lipinski definition) is 2. The molecule has 0 radical (unpaired) electrons. The van der Waals surface area contributed by atoms with Gasteiger partial charge in [0.1, 0.15) is 0 Å². The second kappa shape index (κ2) is 6.06. The van der Waals surface area contributed by atoms with Crippen LogP contribution in [-0.2, 0) is 0 Å². The van der Waals surface area contributed by atoms with Gasteiger partial charge in [0.2, 0.25) is 0 Å². The fourth-order valence-electron chi connectivity index (χ4n) is 2.52. The third kappa shape index (κ3) is 3.70. The molecule has 1 aromatic carbocycles. The summed E-state index contributed by atoms with van der Waals surface area (Å²) in [6.07, 6.45) is 2.55. The van der Waals surface area contributed by atoms with E-state index in [1.165, 1.54) is 12.8 Å². The molecule has 2 rings (SSSR count). The molecule has 1 heterocycles. The van der Waals surface area contributed by atoms with Gasteiger partial charge in [-0.1, -0.05) is 0 Å². The lowest BCUT2D eigenvalue weighted by atomic mass is 10.1. The van der Waals surface area contributed by atoms with Crippen molar-refractivity contribution in [2.75, 3.05) is 25.4 Å². The zero-order valence-corrected chi connectivity index (χ0v) is 11.8. The van der Waals surface area contributed by atoms with Crippen molar-refractivity contribution in [3.8, 4) is 0 Å². The molecule has 19 heavy (non-hydrogen) atoms. The van der Waals surface area contributed by atoms with Crippen LogP contribution in [0.25, 0.3) is 0 Å². The summed E-state index contributed by atoms with van der Waals surface area (Å²) in [6, 6.07) is 5.58. The lowest BCUT2D eigenvalue weighted by molar-refractivity contribution is 0.0932. The van der Waals surface area contributed by atoms with Crippen molar-refractivity contribution in [2.45, 2.75) is 32.7 Å². The Hall–Kier alpha value is -1.55. The standard InChI is InChI=1S/C15H23N3O/c1-11-9-13(5-6-14(11)16)15(19)17-12(2)10-18-7-3-4-8-18/h5-6,9,12H,3-4,7-8,10,16H2,1-2H3,(H,17,19).